The summed E-state index contributed by atoms with van der Waals surface area (Å²) in [6, 6.07) is 10.0. The molecule has 2 aromatic rings. The Bertz CT molecular complexity index is 759. The van der Waals surface area contributed by atoms with E-state index >= 15 is 0 Å². The van der Waals surface area contributed by atoms with E-state index in [4.69, 9.17) is 23.2 Å². The number of nitrogens with zero attached hydrogens (tertiary/aromatic N) is 1. The lowest BCUT2D eigenvalue weighted by molar-refractivity contribution is -0.126. The van der Waals surface area contributed by atoms with Gasteiger partial charge in [0.25, 0.3) is 0 Å². The summed E-state index contributed by atoms with van der Waals surface area (Å²) in [6.07, 6.45) is 5.41. The molecule has 1 aromatic heterocycles. The van der Waals surface area contributed by atoms with E-state index in [1.807, 2.05) is 17.5 Å². The van der Waals surface area contributed by atoms with Gasteiger partial charge in [0.1, 0.15) is 11.9 Å². The molecule has 2 amide bonds. The quantitative estimate of drug-likeness (QED) is 0.650. The molecule has 0 aliphatic heterocycles. The molecule has 0 spiro atoms. The fourth-order valence-electron chi connectivity index (χ4n) is 3.45. The SMILES string of the molecule is O=C(NC1CCCCC1)C(c1cccs1)N(C(=O)CCl)c1ccc(Cl)cc1. The van der Waals surface area contributed by atoms with E-state index < -0.39 is 6.04 Å². The van der Waals surface area contributed by atoms with Gasteiger partial charge in [-0.1, -0.05) is 36.9 Å². The van der Waals surface area contributed by atoms with Gasteiger partial charge in [-0.3, -0.25) is 14.5 Å². The average molecular weight is 425 g/mol. The number of thiophene rings is 1. The molecule has 1 aromatic carbocycles. The van der Waals surface area contributed by atoms with Crippen molar-refractivity contribution in [1.82, 2.24) is 5.32 Å². The van der Waals surface area contributed by atoms with E-state index in [-0.39, 0.29) is 23.7 Å². The molecule has 1 aliphatic carbocycles. The van der Waals surface area contributed by atoms with Crippen LogP contribution in [0.2, 0.25) is 5.02 Å². The predicted octanol–water partition coefficient (Wildman–Crippen LogP) is 5.16. The molecular weight excluding hydrogens is 403 g/mol. The molecule has 1 unspecified atom stereocenters. The van der Waals surface area contributed by atoms with Crippen molar-refractivity contribution in [3.63, 3.8) is 0 Å². The van der Waals surface area contributed by atoms with Crippen molar-refractivity contribution in [2.24, 2.45) is 0 Å². The molecule has 144 valence electrons. The summed E-state index contributed by atoms with van der Waals surface area (Å²) in [6.45, 7) is 0. The van der Waals surface area contributed by atoms with Crippen molar-refractivity contribution in [3.05, 3.63) is 51.7 Å². The number of nitrogens with one attached hydrogen (secondary N) is 1. The number of amides is 2. The smallest absolute Gasteiger partial charge is 0.248 e. The first-order valence-corrected chi connectivity index (χ1v) is 10.9. The van der Waals surface area contributed by atoms with Crippen LogP contribution in [-0.4, -0.2) is 23.7 Å². The van der Waals surface area contributed by atoms with E-state index in [1.165, 1.54) is 22.7 Å². The molecule has 3 rings (SSSR count). The maximum Gasteiger partial charge on any atom is 0.248 e. The van der Waals surface area contributed by atoms with Gasteiger partial charge in [0.2, 0.25) is 11.8 Å². The molecule has 0 radical (unpaired) electrons. The number of anilines is 1. The second kappa shape index (κ2) is 9.58. The zero-order valence-electron chi connectivity index (χ0n) is 14.9. The summed E-state index contributed by atoms with van der Waals surface area (Å²) in [4.78, 5) is 28.2. The molecule has 7 heteroatoms. The monoisotopic (exact) mass is 424 g/mol. The molecule has 1 aliphatic rings. The number of benzene rings is 1. The standard InChI is InChI=1S/C20H22Cl2N2O2S/c21-13-18(25)24(16-10-8-14(22)9-11-16)19(17-7-4-12-27-17)20(26)23-15-5-2-1-3-6-15/h4,7-12,15,19H,1-3,5-6,13H2,(H,23,26). The molecule has 4 nitrogen and oxygen atoms in total. The number of hydrogen-bond acceptors (Lipinski definition) is 3. The fourth-order valence-corrected chi connectivity index (χ4v) is 4.52. The molecular formula is C20H22Cl2N2O2S. The number of carbonyl (C=O) groups excluding carboxylic acids is 2. The summed E-state index contributed by atoms with van der Waals surface area (Å²) in [5, 5.41) is 5.62. The molecule has 1 saturated carbocycles. The molecule has 27 heavy (non-hydrogen) atoms. The Kier molecular flexibility index (Phi) is 7.16. The van der Waals surface area contributed by atoms with Crippen LogP contribution in [0.3, 0.4) is 0 Å². The number of carbonyl (C=O) groups is 2. The Morgan fingerprint density at radius 1 is 1.15 bits per heavy atom. The second-order valence-electron chi connectivity index (χ2n) is 6.64. The van der Waals surface area contributed by atoms with Gasteiger partial charge in [0.05, 0.1) is 0 Å². The first kappa shape index (κ1) is 20.2. The van der Waals surface area contributed by atoms with Crippen LogP contribution in [0.4, 0.5) is 5.69 Å². The number of halogens is 2. The van der Waals surface area contributed by atoms with Gasteiger partial charge in [-0.05, 0) is 48.6 Å². The van der Waals surface area contributed by atoms with Gasteiger partial charge in [-0.15, -0.1) is 22.9 Å². The molecule has 0 bridgehead atoms. The van der Waals surface area contributed by atoms with Gasteiger partial charge < -0.3 is 5.32 Å². The Balaban J connectivity index is 1.94. The van der Waals surface area contributed by atoms with Gasteiger partial charge in [0, 0.05) is 21.6 Å². The summed E-state index contributed by atoms with van der Waals surface area (Å²) in [7, 11) is 0. The van der Waals surface area contributed by atoms with Crippen LogP contribution in [0.15, 0.2) is 41.8 Å². The van der Waals surface area contributed by atoms with E-state index in [1.54, 1.807) is 24.3 Å². The first-order valence-electron chi connectivity index (χ1n) is 9.07. The summed E-state index contributed by atoms with van der Waals surface area (Å²) in [5.41, 5.74) is 0.599. The molecule has 1 atom stereocenters. The highest BCUT2D eigenvalue weighted by Crippen LogP contribution is 2.32. The predicted molar refractivity (Wildman–Crippen MR) is 112 cm³/mol. The van der Waals surface area contributed by atoms with Crippen molar-refractivity contribution in [1.29, 1.82) is 0 Å². The zero-order chi connectivity index (χ0) is 19.2. The second-order valence-corrected chi connectivity index (χ2v) is 8.32. The van der Waals surface area contributed by atoms with E-state index in [2.05, 4.69) is 5.32 Å². The third-order valence-electron chi connectivity index (χ3n) is 4.76. The van der Waals surface area contributed by atoms with Crippen LogP contribution < -0.4 is 10.2 Å². The Morgan fingerprint density at radius 2 is 1.85 bits per heavy atom. The van der Waals surface area contributed by atoms with Gasteiger partial charge >= 0.3 is 0 Å². The molecule has 1 N–H and O–H groups in total. The summed E-state index contributed by atoms with van der Waals surface area (Å²) >= 11 is 13.3. The minimum Gasteiger partial charge on any atom is -0.351 e. The Hall–Kier alpha value is -1.56. The minimum absolute atomic E-state index is 0.159. The fraction of sp³-hybridized carbons (Fsp3) is 0.400. The van der Waals surface area contributed by atoms with Crippen molar-refractivity contribution in [2.45, 2.75) is 44.2 Å². The highest BCUT2D eigenvalue weighted by Gasteiger charge is 2.34. The maximum absolute atomic E-state index is 13.2. The average Bonchev–Trinajstić information content (AvgIpc) is 3.21. The topological polar surface area (TPSA) is 49.4 Å². The van der Waals surface area contributed by atoms with Gasteiger partial charge in [-0.25, -0.2) is 0 Å². The van der Waals surface area contributed by atoms with E-state index in [0.717, 1.165) is 30.6 Å². The molecule has 1 fully saturated rings. The van der Waals surface area contributed by atoms with Crippen molar-refractivity contribution in [3.8, 4) is 0 Å². The van der Waals surface area contributed by atoms with E-state index in [9.17, 15) is 9.59 Å². The van der Waals surface area contributed by atoms with Crippen LogP contribution in [0.25, 0.3) is 0 Å². The van der Waals surface area contributed by atoms with Crippen molar-refractivity contribution in [2.75, 3.05) is 10.8 Å². The summed E-state index contributed by atoms with van der Waals surface area (Å²) in [5.74, 6) is -0.699. The van der Waals surface area contributed by atoms with Gasteiger partial charge in [0.15, 0.2) is 0 Å². The van der Waals surface area contributed by atoms with E-state index in [0.29, 0.717) is 10.7 Å². The molecule has 0 saturated heterocycles. The van der Waals surface area contributed by atoms with Crippen LogP contribution in [-0.2, 0) is 9.59 Å². The van der Waals surface area contributed by atoms with Crippen LogP contribution in [0.5, 0.6) is 0 Å². The lowest BCUT2D eigenvalue weighted by atomic mass is 9.95. The number of rotatable bonds is 6. The third kappa shape index (κ3) is 5.03. The largest absolute Gasteiger partial charge is 0.351 e. The Labute approximate surface area is 173 Å². The number of alkyl halides is 1. The van der Waals surface area contributed by atoms with Crippen LogP contribution in [0, 0.1) is 0 Å². The first-order chi connectivity index (χ1) is 13.1. The lowest BCUT2D eigenvalue weighted by Gasteiger charge is -2.32. The third-order valence-corrected chi connectivity index (χ3v) is 6.16. The number of hydrogen-bond donors (Lipinski definition) is 1. The highest BCUT2D eigenvalue weighted by molar-refractivity contribution is 7.10. The van der Waals surface area contributed by atoms with Crippen molar-refractivity contribution >= 4 is 52.0 Å². The zero-order valence-corrected chi connectivity index (χ0v) is 17.2. The lowest BCUT2D eigenvalue weighted by Crippen LogP contribution is -2.47. The van der Waals surface area contributed by atoms with Crippen LogP contribution in [0.1, 0.15) is 43.0 Å². The maximum atomic E-state index is 13.2. The normalized spacial score (nSPS) is 15.9. The Morgan fingerprint density at radius 3 is 2.44 bits per heavy atom. The van der Waals surface area contributed by atoms with Crippen LogP contribution >= 0.6 is 34.5 Å². The summed E-state index contributed by atoms with van der Waals surface area (Å²) < 4.78 is 0. The minimum atomic E-state index is -0.751. The molecule has 1 heterocycles. The van der Waals surface area contributed by atoms with Crippen molar-refractivity contribution < 1.29 is 9.59 Å². The van der Waals surface area contributed by atoms with Gasteiger partial charge in [-0.2, -0.15) is 0 Å². The highest BCUT2D eigenvalue weighted by atomic mass is 35.5.